The molecule has 4 rings (SSSR count). The van der Waals surface area contributed by atoms with Gasteiger partial charge in [-0.2, -0.15) is 0 Å². The Balaban J connectivity index is 1.52. The van der Waals surface area contributed by atoms with E-state index < -0.39 is 10.0 Å². The van der Waals surface area contributed by atoms with Gasteiger partial charge in [0, 0.05) is 30.0 Å². The van der Waals surface area contributed by atoms with Crippen molar-refractivity contribution in [3.63, 3.8) is 0 Å². The van der Waals surface area contributed by atoms with Crippen LogP contribution in [0.4, 0.5) is 0 Å². The molecule has 2 aromatic rings. The quantitative estimate of drug-likeness (QED) is 0.860. The van der Waals surface area contributed by atoms with E-state index in [1.165, 1.54) is 12.1 Å². The molecule has 1 amide bonds. The van der Waals surface area contributed by atoms with E-state index in [4.69, 9.17) is 0 Å². The normalized spacial score (nSPS) is 20.8. The lowest BCUT2D eigenvalue weighted by Gasteiger charge is -2.24. The van der Waals surface area contributed by atoms with Crippen LogP contribution in [-0.4, -0.2) is 36.8 Å². The minimum absolute atomic E-state index is 0.0578. The third kappa shape index (κ3) is 3.34. The number of carbonyl (C=O) groups is 1. The van der Waals surface area contributed by atoms with Crippen LogP contribution in [-0.2, 0) is 10.0 Å². The van der Waals surface area contributed by atoms with Gasteiger partial charge in [-0.15, -0.1) is 0 Å². The number of aromatic nitrogens is 1. The van der Waals surface area contributed by atoms with Gasteiger partial charge in [-0.05, 0) is 62.1 Å². The maximum absolute atomic E-state index is 12.8. The number of nitrogens with zero attached hydrogens (tertiary/aromatic N) is 1. The summed E-state index contributed by atoms with van der Waals surface area (Å²) in [6.07, 6.45) is 5.55. The molecule has 1 aliphatic heterocycles. The van der Waals surface area contributed by atoms with Gasteiger partial charge in [0.2, 0.25) is 10.0 Å². The van der Waals surface area contributed by atoms with E-state index in [0.717, 1.165) is 31.4 Å². The SMILES string of the molecule is O=C(c1ccc(S(=O)(=O)NC2CC2)cc1)N1CCC[C@H]1c1ccc[nH]1. The van der Waals surface area contributed by atoms with E-state index in [1.807, 2.05) is 23.2 Å². The molecule has 1 aliphatic carbocycles. The van der Waals surface area contributed by atoms with Crippen LogP contribution < -0.4 is 4.72 Å². The summed E-state index contributed by atoms with van der Waals surface area (Å²) in [5, 5.41) is 0. The number of amides is 1. The number of rotatable bonds is 5. The average molecular weight is 359 g/mol. The molecule has 1 saturated carbocycles. The molecule has 2 N–H and O–H groups in total. The van der Waals surface area contributed by atoms with E-state index in [-0.39, 0.29) is 22.9 Å². The van der Waals surface area contributed by atoms with Crippen LogP contribution in [0.15, 0.2) is 47.5 Å². The first-order chi connectivity index (χ1) is 12.0. The Morgan fingerprint density at radius 1 is 1.12 bits per heavy atom. The van der Waals surface area contributed by atoms with Crippen molar-refractivity contribution in [2.75, 3.05) is 6.54 Å². The predicted molar refractivity (Wildman–Crippen MR) is 93.6 cm³/mol. The topological polar surface area (TPSA) is 82.3 Å². The van der Waals surface area contributed by atoms with Gasteiger partial charge in [-0.3, -0.25) is 4.79 Å². The first-order valence-corrected chi connectivity index (χ1v) is 10.1. The lowest BCUT2D eigenvalue weighted by atomic mass is 10.1. The first kappa shape index (κ1) is 16.4. The zero-order valence-electron chi connectivity index (χ0n) is 13.8. The van der Waals surface area contributed by atoms with Gasteiger partial charge in [-0.1, -0.05) is 0 Å². The van der Waals surface area contributed by atoms with Gasteiger partial charge in [-0.25, -0.2) is 13.1 Å². The van der Waals surface area contributed by atoms with E-state index in [2.05, 4.69) is 9.71 Å². The molecule has 1 aromatic heterocycles. The highest BCUT2D eigenvalue weighted by Gasteiger charge is 2.32. The van der Waals surface area contributed by atoms with Gasteiger partial charge < -0.3 is 9.88 Å². The molecule has 1 atom stereocenters. The Morgan fingerprint density at radius 3 is 2.52 bits per heavy atom. The molecule has 0 unspecified atom stereocenters. The zero-order chi connectivity index (χ0) is 17.4. The monoisotopic (exact) mass is 359 g/mol. The fourth-order valence-corrected chi connectivity index (χ4v) is 4.62. The van der Waals surface area contributed by atoms with Crippen molar-refractivity contribution in [1.82, 2.24) is 14.6 Å². The number of nitrogens with one attached hydrogen (secondary N) is 2. The fourth-order valence-electron chi connectivity index (χ4n) is 3.32. The van der Waals surface area contributed by atoms with Gasteiger partial charge in [0.25, 0.3) is 5.91 Å². The Hall–Kier alpha value is -2.12. The molecule has 2 heterocycles. The van der Waals surface area contributed by atoms with Crippen LogP contribution in [0, 0.1) is 0 Å². The number of benzene rings is 1. The zero-order valence-corrected chi connectivity index (χ0v) is 14.6. The molecule has 7 heteroatoms. The average Bonchev–Trinajstić information content (AvgIpc) is 3.07. The number of aromatic amines is 1. The van der Waals surface area contributed by atoms with E-state index in [0.29, 0.717) is 12.1 Å². The molecule has 0 radical (unpaired) electrons. The molecule has 25 heavy (non-hydrogen) atoms. The summed E-state index contributed by atoms with van der Waals surface area (Å²) in [6, 6.07) is 10.3. The summed E-state index contributed by atoms with van der Waals surface area (Å²) in [7, 11) is -3.48. The van der Waals surface area contributed by atoms with Crippen LogP contribution in [0.2, 0.25) is 0 Å². The molecule has 0 bridgehead atoms. The minimum Gasteiger partial charge on any atom is -0.363 e. The number of hydrogen-bond acceptors (Lipinski definition) is 3. The van der Waals surface area contributed by atoms with Crippen molar-refractivity contribution in [3.05, 3.63) is 53.9 Å². The fraction of sp³-hybridized carbons (Fsp3) is 0.389. The standard InChI is InChI=1S/C18H21N3O3S/c22-18(21-12-2-4-17(21)16-3-1-11-19-16)13-5-9-15(10-6-13)25(23,24)20-14-7-8-14/h1,3,5-6,9-11,14,17,19-20H,2,4,7-8,12H2/t17-/m0/s1. The molecule has 1 aromatic carbocycles. The summed E-state index contributed by atoms with van der Waals surface area (Å²) < 4.78 is 27.1. The minimum atomic E-state index is -3.48. The molecule has 2 aliphatic rings. The van der Waals surface area contributed by atoms with Gasteiger partial charge in [0.1, 0.15) is 0 Å². The molecule has 2 fully saturated rings. The van der Waals surface area contributed by atoms with Crippen LogP contribution in [0.5, 0.6) is 0 Å². The van der Waals surface area contributed by atoms with Crippen molar-refractivity contribution in [1.29, 1.82) is 0 Å². The third-order valence-electron chi connectivity index (χ3n) is 4.81. The van der Waals surface area contributed by atoms with E-state index >= 15 is 0 Å². The maximum atomic E-state index is 12.8. The second-order valence-corrected chi connectivity index (χ2v) is 8.42. The largest absolute Gasteiger partial charge is 0.363 e. The van der Waals surface area contributed by atoms with Crippen LogP contribution >= 0.6 is 0 Å². The summed E-state index contributed by atoms with van der Waals surface area (Å²) in [5.41, 5.74) is 1.56. The van der Waals surface area contributed by atoms with Crippen molar-refractivity contribution in [3.8, 4) is 0 Å². The van der Waals surface area contributed by atoms with Crippen molar-refractivity contribution in [2.24, 2.45) is 0 Å². The highest BCUT2D eigenvalue weighted by Crippen LogP contribution is 2.32. The summed E-state index contributed by atoms with van der Waals surface area (Å²) in [4.78, 5) is 18.1. The predicted octanol–water partition coefficient (Wildman–Crippen LogP) is 2.43. The summed E-state index contributed by atoms with van der Waals surface area (Å²) >= 11 is 0. The Kier molecular flexibility index (Phi) is 4.13. The Bertz CT molecular complexity index is 855. The lowest BCUT2D eigenvalue weighted by Crippen LogP contribution is -2.31. The van der Waals surface area contributed by atoms with E-state index in [9.17, 15) is 13.2 Å². The Morgan fingerprint density at radius 2 is 1.88 bits per heavy atom. The molecule has 1 saturated heterocycles. The van der Waals surface area contributed by atoms with Crippen molar-refractivity contribution in [2.45, 2.75) is 42.7 Å². The second-order valence-electron chi connectivity index (χ2n) is 6.70. The van der Waals surface area contributed by atoms with Gasteiger partial charge in [0.15, 0.2) is 0 Å². The molecular weight excluding hydrogens is 338 g/mol. The highest BCUT2D eigenvalue weighted by molar-refractivity contribution is 7.89. The van der Waals surface area contributed by atoms with Gasteiger partial charge >= 0.3 is 0 Å². The number of hydrogen-bond donors (Lipinski definition) is 2. The van der Waals surface area contributed by atoms with Crippen LogP contribution in [0.1, 0.15) is 47.8 Å². The number of sulfonamides is 1. The lowest BCUT2D eigenvalue weighted by molar-refractivity contribution is 0.0733. The maximum Gasteiger partial charge on any atom is 0.254 e. The van der Waals surface area contributed by atoms with Crippen molar-refractivity contribution < 1.29 is 13.2 Å². The highest BCUT2D eigenvalue weighted by atomic mass is 32.2. The molecule has 132 valence electrons. The second kappa shape index (κ2) is 6.31. The summed E-state index contributed by atoms with van der Waals surface area (Å²) in [5.74, 6) is -0.0591. The van der Waals surface area contributed by atoms with Crippen molar-refractivity contribution >= 4 is 15.9 Å². The number of H-pyrrole nitrogens is 1. The van der Waals surface area contributed by atoms with Gasteiger partial charge in [0.05, 0.1) is 10.9 Å². The molecule has 0 spiro atoms. The molecular formula is C18H21N3O3S. The smallest absolute Gasteiger partial charge is 0.254 e. The third-order valence-corrected chi connectivity index (χ3v) is 6.34. The summed E-state index contributed by atoms with van der Waals surface area (Å²) in [6.45, 7) is 0.714. The van der Waals surface area contributed by atoms with Crippen LogP contribution in [0.25, 0.3) is 0 Å². The Labute approximate surface area is 147 Å². The number of likely N-dealkylation sites (tertiary alicyclic amines) is 1. The van der Waals surface area contributed by atoms with Crippen LogP contribution in [0.3, 0.4) is 0 Å². The number of carbonyl (C=O) groups excluding carboxylic acids is 1. The van der Waals surface area contributed by atoms with E-state index in [1.54, 1.807) is 12.1 Å². The first-order valence-electron chi connectivity index (χ1n) is 8.61. The molecule has 6 nitrogen and oxygen atoms in total.